The third-order valence-electron chi connectivity index (χ3n) is 6.80. The van der Waals surface area contributed by atoms with Gasteiger partial charge in [-0.25, -0.2) is 14.8 Å². The van der Waals surface area contributed by atoms with Crippen molar-refractivity contribution in [1.29, 1.82) is 0 Å². The van der Waals surface area contributed by atoms with E-state index < -0.39 is 5.60 Å². The molecule has 3 heterocycles. The van der Waals surface area contributed by atoms with E-state index in [0.717, 1.165) is 11.3 Å². The van der Waals surface area contributed by atoms with Crippen molar-refractivity contribution in [3.8, 4) is 22.8 Å². The molecule has 0 spiro atoms. The minimum Gasteiger partial charge on any atom is -0.497 e. The van der Waals surface area contributed by atoms with E-state index in [1.807, 2.05) is 39.0 Å². The third kappa shape index (κ3) is 5.84. The molecule has 38 heavy (non-hydrogen) atoms. The van der Waals surface area contributed by atoms with E-state index in [0.29, 0.717) is 66.5 Å². The Labute approximate surface area is 222 Å². The van der Waals surface area contributed by atoms with Crippen LogP contribution in [0, 0.1) is 5.92 Å². The Balaban J connectivity index is 1.31. The number of carbonyl (C=O) groups is 2. The average Bonchev–Trinajstić information content (AvgIpc) is 3.62. The molecule has 0 bridgehead atoms. The Kier molecular flexibility index (Phi) is 7.14. The molecule has 1 aliphatic heterocycles. The zero-order valence-electron chi connectivity index (χ0n) is 22.4. The molecule has 1 aliphatic carbocycles. The Morgan fingerprint density at radius 3 is 2.58 bits per heavy atom. The molecule has 0 radical (unpaired) electrons. The van der Waals surface area contributed by atoms with Gasteiger partial charge in [-0.05, 0) is 70.6 Å². The third-order valence-corrected chi connectivity index (χ3v) is 6.80. The molecule has 202 valence electrons. The van der Waals surface area contributed by atoms with Gasteiger partial charge in [0.2, 0.25) is 0 Å². The van der Waals surface area contributed by atoms with E-state index >= 15 is 0 Å². The molecule has 5 rings (SSSR count). The molecule has 2 fully saturated rings. The number of benzene rings is 1. The summed E-state index contributed by atoms with van der Waals surface area (Å²) < 4.78 is 17.0. The number of H-pyrrole nitrogens is 1. The summed E-state index contributed by atoms with van der Waals surface area (Å²) in [4.78, 5) is 39.5. The summed E-state index contributed by atoms with van der Waals surface area (Å²) in [6, 6.07) is 5.60. The molecule has 1 aromatic carbocycles. The van der Waals surface area contributed by atoms with Crippen LogP contribution in [-0.4, -0.2) is 70.3 Å². The molecule has 0 unspecified atom stereocenters. The number of piperidine rings is 1. The maximum absolute atomic E-state index is 13.2. The predicted octanol–water partition coefficient (Wildman–Crippen LogP) is 4.55. The summed E-state index contributed by atoms with van der Waals surface area (Å²) in [6.07, 6.45) is 6.50. The van der Waals surface area contributed by atoms with Crippen LogP contribution < -0.4 is 14.8 Å². The number of aromatic amines is 1. The fourth-order valence-electron chi connectivity index (χ4n) is 4.55. The highest BCUT2D eigenvalue weighted by Crippen LogP contribution is 2.37. The lowest BCUT2D eigenvalue weighted by Gasteiger charge is -2.33. The van der Waals surface area contributed by atoms with Gasteiger partial charge in [-0.15, -0.1) is 0 Å². The summed E-state index contributed by atoms with van der Waals surface area (Å²) in [6.45, 7) is 7.27. The van der Waals surface area contributed by atoms with Crippen molar-refractivity contribution >= 4 is 23.0 Å². The smallest absolute Gasteiger partial charge is 0.410 e. The molecule has 2 N–H and O–H groups in total. The zero-order valence-corrected chi connectivity index (χ0v) is 22.4. The predicted molar refractivity (Wildman–Crippen MR) is 142 cm³/mol. The largest absolute Gasteiger partial charge is 0.497 e. The van der Waals surface area contributed by atoms with Crippen molar-refractivity contribution in [2.24, 2.45) is 5.92 Å². The highest BCUT2D eigenvalue weighted by atomic mass is 16.6. The lowest BCUT2D eigenvalue weighted by atomic mass is 10.0. The highest BCUT2D eigenvalue weighted by molar-refractivity contribution is 6.08. The molecular formula is C28H35N5O5. The van der Waals surface area contributed by atoms with Gasteiger partial charge >= 0.3 is 6.09 Å². The van der Waals surface area contributed by atoms with Crippen LogP contribution >= 0.6 is 0 Å². The number of rotatable bonds is 7. The lowest BCUT2D eigenvalue weighted by molar-refractivity contribution is 0.0199. The quantitative estimate of drug-likeness (QED) is 0.468. The number of nitrogens with one attached hydrogen (secondary N) is 2. The van der Waals surface area contributed by atoms with Crippen molar-refractivity contribution in [2.45, 2.75) is 58.1 Å². The van der Waals surface area contributed by atoms with Gasteiger partial charge in [-0.2, -0.15) is 0 Å². The first-order valence-electron chi connectivity index (χ1n) is 13.1. The van der Waals surface area contributed by atoms with Crippen LogP contribution in [0.4, 0.5) is 4.79 Å². The van der Waals surface area contributed by atoms with E-state index in [-0.39, 0.29) is 18.0 Å². The van der Waals surface area contributed by atoms with Gasteiger partial charge < -0.3 is 29.4 Å². The number of hydrogen-bond donors (Lipinski definition) is 2. The molecule has 1 saturated carbocycles. The molecule has 1 saturated heterocycles. The maximum Gasteiger partial charge on any atom is 0.410 e. The second-order valence-corrected chi connectivity index (χ2v) is 11.0. The van der Waals surface area contributed by atoms with Gasteiger partial charge in [0.15, 0.2) is 0 Å². The van der Waals surface area contributed by atoms with Crippen molar-refractivity contribution in [3.63, 3.8) is 0 Å². The highest BCUT2D eigenvalue weighted by Gasteiger charge is 2.29. The van der Waals surface area contributed by atoms with E-state index in [1.54, 1.807) is 18.2 Å². The van der Waals surface area contributed by atoms with Crippen molar-refractivity contribution in [1.82, 2.24) is 25.2 Å². The molecule has 10 nitrogen and oxygen atoms in total. The van der Waals surface area contributed by atoms with Crippen LogP contribution in [-0.2, 0) is 4.74 Å². The molecule has 10 heteroatoms. The fourth-order valence-corrected chi connectivity index (χ4v) is 4.55. The second kappa shape index (κ2) is 10.5. The first-order valence-corrected chi connectivity index (χ1v) is 13.1. The molecular weight excluding hydrogens is 486 g/mol. The van der Waals surface area contributed by atoms with Crippen molar-refractivity contribution in [2.75, 3.05) is 26.8 Å². The number of methoxy groups -OCH3 is 1. The van der Waals surface area contributed by atoms with Crippen LogP contribution in [0.25, 0.3) is 22.3 Å². The number of ether oxygens (including phenoxy) is 3. The SMILES string of the molecule is COc1ccc(OCC2CC2)c(-c2ncnc3c(C(=O)NC4CCN(C(=O)OC(C)(C)C)CC4)c[nH]c23)c1. The standard InChI is InChI=1S/C28H35N5O5/c1-28(2,3)38-27(35)33-11-9-18(10-12-33)32-26(34)21-14-29-25-23(30-16-31-24(21)25)20-13-19(36-4)7-8-22(20)37-15-17-5-6-17/h7-8,13-14,16-18,29H,5-6,9-12,15H2,1-4H3,(H,32,34). The van der Waals surface area contributed by atoms with Gasteiger partial charge in [0.05, 0.1) is 24.8 Å². The minimum atomic E-state index is -0.535. The molecule has 0 atom stereocenters. The fraction of sp³-hybridized carbons (Fsp3) is 0.500. The number of fused-ring (bicyclic) bond motifs is 1. The normalized spacial score (nSPS) is 16.4. The summed E-state index contributed by atoms with van der Waals surface area (Å²) in [5.74, 6) is 1.79. The van der Waals surface area contributed by atoms with Gasteiger partial charge in [-0.3, -0.25) is 4.79 Å². The van der Waals surface area contributed by atoms with Gasteiger partial charge in [0.1, 0.15) is 34.6 Å². The second-order valence-electron chi connectivity index (χ2n) is 11.0. The molecule has 2 amide bonds. The lowest BCUT2D eigenvalue weighted by Crippen LogP contribution is -2.47. The minimum absolute atomic E-state index is 0.0479. The summed E-state index contributed by atoms with van der Waals surface area (Å²) in [7, 11) is 1.62. The topological polar surface area (TPSA) is 119 Å². The van der Waals surface area contributed by atoms with E-state index in [2.05, 4.69) is 20.3 Å². The van der Waals surface area contributed by atoms with Crippen LogP contribution in [0.3, 0.4) is 0 Å². The number of amides is 2. The monoisotopic (exact) mass is 521 g/mol. The molecule has 2 aromatic heterocycles. The first-order chi connectivity index (χ1) is 18.2. The molecule has 3 aromatic rings. The van der Waals surface area contributed by atoms with Crippen LogP contribution in [0.1, 0.15) is 56.8 Å². The Morgan fingerprint density at radius 1 is 1.13 bits per heavy atom. The van der Waals surface area contributed by atoms with Gasteiger partial charge in [-0.1, -0.05) is 0 Å². The number of carbonyl (C=O) groups excluding carboxylic acids is 2. The summed E-state index contributed by atoms with van der Waals surface area (Å²) >= 11 is 0. The first kappa shape index (κ1) is 25.8. The van der Waals surface area contributed by atoms with Gasteiger partial charge in [0.25, 0.3) is 5.91 Å². The van der Waals surface area contributed by atoms with Crippen molar-refractivity contribution < 1.29 is 23.8 Å². The number of hydrogen-bond acceptors (Lipinski definition) is 7. The van der Waals surface area contributed by atoms with E-state index in [9.17, 15) is 9.59 Å². The number of aromatic nitrogens is 3. The zero-order chi connectivity index (χ0) is 26.9. The average molecular weight is 522 g/mol. The summed E-state index contributed by atoms with van der Waals surface area (Å²) in [5.41, 5.74) is 2.52. The van der Waals surface area contributed by atoms with Crippen molar-refractivity contribution in [3.05, 3.63) is 36.3 Å². The summed E-state index contributed by atoms with van der Waals surface area (Å²) in [5, 5.41) is 3.11. The number of likely N-dealkylation sites (tertiary alicyclic amines) is 1. The number of nitrogens with zero attached hydrogens (tertiary/aromatic N) is 3. The Bertz CT molecular complexity index is 1320. The van der Waals surface area contributed by atoms with E-state index in [4.69, 9.17) is 14.2 Å². The Morgan fingerprint density at radius 2 is 1.89 bits per heavy atom. The maximum atomic E-state index is 13.2. The molecule has 2 aliphatic rings. The van der Waals surface area contributed by atoms with Crippen LogP contribution in [0.15, 0.2) is 30.7 Å². The van der Waals surface area contributed by atoms with Crippen LogP contribution in [0.2, 0.25) is 0 Å². The Hall–Kier alpha value is -3.82. The van der Waals surface area contributed by atoms with Gasteiger partial charge in [0, 0.05) is 30.9 Å². The van der Waals surface area contributed by atoms with E-state index in [1.165, 1.54) is 19.2 Å². The van der Waals surface area contributed by atoms with Crippen LogP contribution in [0.5, 0.6) is 11.5 Å².